The molecular weight excluding hydrogens is 150 g/mol. The van der Waals surface area contributed by atoms with E-state index in [2.05, 4.69) is 24.1 Å². The van der Waals surface area contributed by atoms with Crippen LogP contribution < -0.4 is 11.1 Å². The first-order valence-electron chi connectivity index (χ1n) is 4.90. The van der Waals surface area contributed by atoms with Gasteiger partial charge in [-0.2, -0.15) is 0 Å². The van der Waals surface area contributed by atoms with Gasteiger partial charge in [0.1, 0.15) is 0 Å². The fourth-order valence-corrected chi connectivity index (χ4v) is 1.67. The first-order chi connectivity index (χ1) is 5.74. The van der Waals surface area contributed by atoms with Crippen LogP contribution in [0.3, 0.4) is 0 Å². The van der Waals surface area contributed by atoms with Crippen molar-refractivity contribution >= 4 is 0 Å². The van der Waals surface area contributed by atoms with E-state index in [0.717, 1.165) is 38.6 Å². The summed E-state index contributed by atoms with van der Waals surface area (Å²) in [6, 6.07) is 0.658. The predicted octanol–water partition coefficient (Wildman–Crippen LogP) is -0.125. The molecule has 0 saturated carbocycles. The highest BCUT2D eigenvalue weighted by atomic mass is 15.2. The van der Waals surface area contributed by atoms with Gasteiger partial charge in [0.05, 0.1) is 0 Å². The molecule has 1 saturated heterocycles. The molecule has 1 heterocycles. The molecule has 3 N–H and O–H groups in total. The summed E-state index contributed by atoms with van der Waals surface area (Å²) in [5.41, 5.74) is 5.52. The molecule has 3 nitrogen and oxygen atoms in total. The largest absolute Gasteiger partial charge is 0.329 e. The highest BCUT2D eigenvalue weighted by Crippen LogP contribution is 2.07. The Morgan fingerprint density at radius 3 is 2.92 bits per heavy atom. The van der Waals surface area contributed by atoms with E-state index >= 15 is 0 Å². The predicted molar refractivity (Wildman–Crippen MR) is 52.1 cm³/mol. The van der Waals surface area contributed by atoms with Crippen molar-refractivity contribution in [2.75, 3.05) is 32.7 Å². The Bertz CT molecular complexity index is 123. The van der Waals surface area contributed by atoms with Crippen LogP contribution in [-0.2, 0) is 0 Å². The smallest absolute Gasteiger partial charge is 0.0218 e. The monoisotopic (exact) mass is 171 g/mol. The van der Waals surface area contributed by atoms with Gasteiger partial charge in [0.2, 0.25) is 0 Å². The highest BCUT2D eigenvalue weighted by molar-refractivity contribution is 4.80. The summed E-state index contributed by atoms with van der Waals surface area (Å²) < 4.78 is 0. The number of hydrogen-bond donors (Lipinski definition) is 2. The molecule has 0 aromatic rings. The summed E-state index contributed by atoms with van der Waals surface area (Å²) in [6.07, 6.45) is 0. The zero-order valence-electron chi connectivity index (χ0n) is 8.21. The third kappa shape index (κ3) is 2.73. The second kappa shape index (κ2) is 4.80. The molecule has 1 aliphatic heterocycles. The minimum atomic E-state index is 0.658. The molecule has 0 aliphatic carbocycles. The summed E-state index contributed by atoms with van der Waals surface area (Å²) in [6.45, 7) is 9.79. The average Bonchev–Trinajstić information content (AvgIpc) is 2.05. The van der Waals surface area contributed by atoms with E-state index in [4.69, 9.17) is 5.73 Å². The zero-order valence-corrected chi connectivity index (χ0v) is 8.21. The van der Waals surface area contributed by atoms with Gasteiger partial charge in [0.25, 0.3) is 0 Å². The maximum atomic E-state index is 5.52. The van der Waals surface area contributed by atoms with Crippen LogP contribution in [0.1, 0.15) is 13.8 Å². The Hall–Kier alpha value is -0.120. The van der Waals surface area contributed by atoms with Crippen LogP contribution in [0.2, 0.25) is 0 Å². The molecule has 1 rings (SSSR count). The molecule has 0 radical (unpaired) electrons. The zero-order chi connectivity index (χ0) is 8.97. The lowest BCUT2D eigenvalue weighted by Crippen LogP contribution is -2.53. The van der Waals surface area contributed by atoms with E-state index in [0.29, 0.717) is 6.04 Å². The molecule has 1 fully saturated rings. The molecule has 3 heteroatoms. The average molecular weight is 171 g/mol. The van der Waals surface area contributed by atoms with Crippen molar-refractivity contribution in [1.29, 1.82) is 0 Å². The highest BCUT2D eigenvalue weighted by Gasteiger charge is 2.20. The van der Waals surface area contributed by atoms with Gasteiger partial charge in [-0.1, -0.05) is 13.8 Å². The standard InChI is InChI=1S/C9H21N3/c1-8(2)9-7-12(5-3-10)6-4-11-9/h8-9,11H,3-7,10H2,1-2H3/t9-/m1/s1. The van der Waals surface area contributed by atoms with Crippen molar-refractivity contribution in [2.24, 2.45) is 11.7 Å². The van der Waals surface area contributed by atoms with Gasteiger partial charge < -0.3 is 11.1 Å². The number of hydrogen-bond acceptors (Lipinski definition) is 3. The maximum Gasteiger partial charge on any atom is 0.0218 e. The maximum absolute atomic E-state index is 5.52. The third-order valence-electron chi connectivity index (χ3n) is 2.54. The summed E-state index contributed by atoms with van der Waals surface area (Å²) in [4.78, 5) is 2.45. The summed E-state index contributed by atoms with van der Waals surface area (Å²) in [7, 11) is 0. The number of rotatable bonds is 3. The van der Waals surface area contributed by atoms with E-state index in [1.54, 1.807) is 0 Å². The lowest BCUT2D eigenvalue weighted by molar-refractivity contribution is 0.179. The van der Waals surface area contributed by atoms with Crippen molar-refractivity contribution in [2.45, 2.75) is 19.9 Å². The summed E-state index contributed by atoms with van der Waals surface area (Å²) >= 11 is 0. The summed E-state index contributed by atoms with van der Waals surface area (Å²) in [5, 5.41) is 3.52. The van der Waals surface area contributed by atoms with Gasteiger partial charge in [-0.15, -0.1) is 0 Å². The van der Waals surface area contributed by atoms with Crippen LogP contribution in [-0.4, -0.2) is 43.7 Å². The van der Waals surface area contributed by atoms with Crippen LogP contribution in [0.5, 0.6) is 0 Å². The fraction of sp³-hybridized carbons (Fsp3) is 1.00. The first kappa shape index (κ1) is 9.96. The molecular formula is C9H21N3. The minimum Gasteiger partial charge on any atom is -0.329 e. The second-order valence-corrected chi connectivity index (χ2v) is 3.89. The van der Waals surface area contributed by atoms with Crippen molar-refractivity contribution in [3.63, 3.8) is 0 Å². The molecule has 1 aliphatic rings. The van der Waals surface area contributed by atoms with Gasteiger partial charge in [-0.05, 0) is 5.92 Å². The van der Waals surface area contributed by atoms with Crippen LogP contribution >= 0.6 is 0 Å². The van der Waals surface area contributed by atoms with Crippen molar-refractivity contribution in [3.8, 4) is 0 Å². The van der Waals surface area contributed by atoms with E-state index in [1.165, 1.54) is 0 Å². The summed E-state index contributed by atoms with van der Waals surface area (Å²) in [5.74, 6) is 0.727. The molecule has 0 spiro atoms. The topological polar surface area (TPSA) is 41.3 Å². The molecule has 72 valence electrons. The van der Waals surface area contributed by atoms with E-state index in [1.807, 2.05) is 0 Å². The van der Waals surface area contributed by atoms with Crippen molar-refractivity contribution in [1.82, 2.24) is 10.2 Å². The van der Waals surface area contributed by atoms with Crippen LogP contribution in [0.25, 0.3) is 0 Å². The van der Waals surface area contributed by atoms with Gasteiger partial charge in [0, 0.05) is 38.8 Å². The Balaban J connectivity index is 2.30. The van der Waals surface area contributed by atoms with Gasteiger partial charge in [-0.25, -0.2) is 0 Å². The van der Waals surface area contributed by atoms with Crippen molar-refractivity contribution < 1.29 is 0 Å². The second-order valence-electron chi connectivity index (χ2n) is 3.89. The number of nitrogens with two attached hydrogens (primary N) is 1. The number of nitrogens with zero attached hydrogens (tertiary/aromatic N) is 1. The quantitative estimate of drug-likeness (QED) is 0.622. The van der Waals surface area contributed by atoms with Gasteiger partial charge in [-0.3, -0.25) is 4.90 Å². The van der Waals surface area contributed by atoms with Crippen molar-refractivity contribution in [3.05, 3.63) is 0 Å². The van der Waals surface area contributed by atoms with Crippen LogP contribution in [0.15, 0.2) is 0 Å². The van der Waals surface area contributed by atoms with Crippen LogP contribution in [0.4, 0.5) is 0 Å². The molecule has 0 aromatic carbocycles. The van der Waals surface area contributed by atoms with E-state index < -0.39 is 0 Å². The third-order valence-corrected chi connectivity index (χ3v) is 2.54. The van der Waals surface area contributed by atoms with Gasteiger partial charge >= 0.3 is 0 Å². The number of nitrogens with one attached hydrogen (secondary N) is 1. The Kier molecular flexibility index (Phi) is 3.98. The lowest BCUT2D eigenvalue weighted by Gasteiger charge is -2.35. The van der Waals surface area contributed by atoms with Crippen LogP contribution in [0, 0.1) is 5.92 Å². The molecule has 0 aromatic heterocycles. The fourth-order valence-electron chi connectivity index (χ4n) is 1.67. The van der Waals surface area contributed by atoms with E-state index in [-0.39, 0.29) is 0 Å². The lowest BCUT2D eigenvalue weighted by atomic mass is 10.0. The Labute approximate surface area is 75.3 Å². The molecule has 0 bridgehead atoms. The molecule has 0 unspecified atom stereocenters. The van der Waals surface area contributed by atoms with Gasteiger partial charge in [0.15, 0.2) is 0 Å². The number of piperazine rings is 1. The molecule has 0 amide bonds. The normalized spacial score (nSPS) is 26.5. The molecule has 1 atom stereocenters. The first-order valence-corrected chi connectivity index (χ1v) is 4.90. The Morgan fingerprint density at radius 1 is 1.58 bits per heavy atom. The Morgan fingerprint density at radius 2 is 2.33 bits per heavy atom. The molecule has 12 heavy (non-hydrogen) atoms. The van der Waals surface area contributed by atoms with E-state index in [9.17, 15) is 0 Å². The minimum absolute atomic E-state index is 0.658. The SMILES string of the molecule is CC(C)[C@H]1CN(CCN)CCN1.